The first-order chi connectivity index (χ1) is 17.7. The number of carbonyl (C=O) groups is 5. The average Bonchev–Trinajstić information content (AvgIpc) is 3.45. The summed E-state index contributed by atoms with van der Waals surface area (Å²) in [5, 5.41) is 15.1. The zero-order valence-corrected chi connectivity index (χ0v) is 20.0. The number of rotatable bonds is 12. The predicted molar refractivity (Wildman–Crippen MR) is 132 cm³/mol. The molecule has 190 valence electrons. The maximum atomic E-state index is 12.2. The number of amides is 1. The highest BCUT2D eigenvalue weighted by Gasteiger charge is 2.16. The van der Waals surface area contributed by atoms with Gasteiger partial charge in [-0.05, 0) is 35.7 Å². The number of ketones is 2. The van der Waals surface area contributed by atoms with Gasteiger partial charge < -0.3 is 14.8 Å². The molecular weight excluding hydrogens is 504 g/mol. The number of esters is 2. The van der Waals surface area contributed by atoms with Crippen LogP contribution in [0, 0.1) is 10.1 Å². The lowest BCUT2D eigenvalue weighted by atomic mass is 10.1. The molecular formula is C25H20N2O9S. The van der Waals surface area contributed by atoms with E-state index in [1.165, 1.54) is 53.8 Å². The molecule has 1 N–H and O–H groups in total. The smallest absolute Gasteiger partial charge is 0.338 e. The topological polar surface area (TPSA) is 159 Å². The minimum Gasteiger partial charge on any atom is -0.457 e. The monoisotopic (exact) mass is 524 g/mol. The molecule has 0 spiro atoms. The van der Waals surface area contributed by atoms with E-state index in [1.807, 2.05) is 0 Å². The Kier molecular flexibility index (Phi) is 9.33. The highest BCUT2D eigenvalue weighted by atomic mass is 32.1. The molecule has 3 aromatic rings. The fraction of sp³-hybridized carbons (Fsp3) is 0.160. The third kappa shape index (κ3) is 8.18. The first-order valence-corrected chi connectivity index (χ1v) is 11.7. The number of thiophene rings is 1. The van der Waals surface area contributed by atoms with Crippen LogP contribution in [0.5, 0.6) is 0 Å². The van der Waals surface area contributed by atoms with E-state index in [4.69, 9.17) is 9.47 Å². The van der Waals surface area contributed by atoms with Gasteiger partial charge in [0.1, 0.15) is 0 Å². The van der Waals surface area contributed by atoms with E-state index < -0.39 is 41.8 Å². The van der Waals surface area contributed by atoms with Gasteiger partial charge in [-0.2, -0.15) is 0 Å². The summed E-state index contributed by atoms with van der Waals surface area (Å²) in [5.74, 6) is -2.87. The molecule has 0 saturated heterocycles. The lowest BCUT2D eigenvalue weighted by Crippen LogP contribution is -2.17. The zero-order valence-electron chi connectivity index (χ0n) is 19.2. The van der Waals surface area contributed by atoms with E-state index in [0.29, 0.717) is 10.6 Å². The van der Waals surface area contributed by atoms with Crippen molar-refractivity contribution < 1.29 is 38.4 Å². The van der Waals surface area contributed by atoms with Crippen LogP contribution in [0.25, 0.3) is 0 Å². The summed E-state index contributed by atoms with van der Waals surface area (Å²) in [7, 11) is 0. The Labute approximate surface area is 214 Å². The lowest BCUT2D eigenvalue weighted by Gasteiger charge is -2.07. The fourth-order valence-electron chi connectivity index (χ4n) is 2.95. The Morgan fingerprint density at radius 2 is 1.57 bits per heavy atom. The molecule has 1 amide bonds. The summed E-state index contributed by atoms with van der Waals surface area (Å²) in [6.45, 7) is -0.997. The van der Waals surface area contributed by atoms with E-state index in [1.54, 1.807) is 17.5 Å². The van der Waals surface area contributed by atoms with Gasteiger partial charge in [-0.25, -0.2) is 4.79 Å². The molecule has 2 aromatic carbocycles. The van der Waals surface area contributed by atoms with E-state index >= 15 is 0 Å². The minimum atomic E-state index is -0.795. The van der Waals surface area contributed by atoms with Crippen molar-refractivity contribution in [1.29, 1.82) is 0 Å². The Morgan fingerprint density at radius 3 is 2.24 bits per heavy atom. The number of Topliss-reactive ketones (excluding diaryl/α,β-unsaturated/α-hetero) is 2. The van der Waals surface area contributed by atoms with Gasteiger partial charge in [0, 0.05) is 29.8 Å². The summed E-state index contributed by atoms with van der Waals surface area (Å²) < 4.78 is 9.86. The Hall–Kier alpha value is -4.71. The summed E-state index contributed by atoms with van der Waals surface area (Å²) >= 11 is 1.24. The highest BCUT2D eigenvalue weighted by Crippen LogP contribution is 2.15. The fourth-order valence-corrected chi connectivity index (χ4v) is 3.60. The van der Waals surface area contributed by atoms with Crippen molar-refractivity contribution in [3.63, 3.8) is 0 Å². The number of nitrogens with zero attached hydrogens (tertiary/aromatic N) is 1. The molecule has 12 heteroatoms. The molecule has 0 aliphatic carbocycles. The standard InChI is InChI=1S/C25H20N2O9S/c28-20(17-3-1-4-19(13-17)27(33)34)14-36-25(32)16-6-8-18(9-7-16)26-23(30)10-11-24(31)35-15-21(29)22-5-2-12-37-22/h1-9,12-13H,10-11,14-15H2,(H,26,30). The number of non-ortho nitro benzene ring substituents is 1. The molecule has 11 nitrogen and oxygen atoms in total. The van der Waals surface area contributed by atoms with Gasteiger partial charge in [0.25, 0.3) is 5.69 Å². The summed E-state index contributed by atoms with van der Waals surface area (Å²) in [6, 6.07) is 14.0. The van der Waals surface area contributed by atoms with Gasteiger partial charge in [0.15, 0.2) is 13.2 Å². The molecule has 1 heterocycles. The van der Waals surface area contributed by atoms with Crippen LogP contribution in [-0.4, -0.2) is 47.5 Å². The molecule has 0 unspecified atom stereocenters. The van der Waals surface area contributed by atoms with Crippen molar-refractivity contribution in [2.24, 2.45) is 0 Å². The van der Waals surface area contributed by atoms with Crippen molar-refractivity contribution in [2.75, 3.05) is 18.5 Å². The number of ether oxygens (including phenoxy) is 2. The van der Waals surface area contributed by atoms with E-state index in [2.05, 4.69) is 5.32 Å². The average molecular weight is 525 g/mol. The van der Waals surface area contributed by atoms with Gasteiger partial charge in [0.2, 0.25) is 17.5 Å². The molecule has 37 heavy (non-hydrogen) atoms. The van der Waals surface area contributed by atoms with E-state index in [0.717, 1.165) is 6.07 Å². The highest BCUT2D eigenvalue weighted by molar-refractivity contribution is 7.12. The van der Waals surface area contributed by atoms with Crippen LogP contribution in [0.1, 0.15) is 43.2 Å². The maximum absolute atomic E-state index is 12.2. The van der Waals surface area contributed by atoms with Crippen molar-refractivity contribution in [1.82, 2.24) is 0 Å². The summed E-state index contributed by atoms with van der Waals surface area (Å²) in [6.07, 6.45) is -0.387. The summed E-state index contributed by atoms with van der Waals surface area (Å²) in [5.41, 5.74) is 0.258. The molecule has 3 rings (SSSR count). The van der Waals surface area contributed by atoms with Crippen molar-refractivity contribution in [3.8, 4) is 0 Å². The van der Waals surface area contributed by atoms with Crippen molar-refractivity contribution in [2.45, 2.75) is 12.8 Å². The van der Waals surface area contributed by atoms with Crippen molar-refractivity contribution in [3.05, 3.63) is 92.2 Å². The largest absolute Gasteiger partial charge is 0.457 e. The number of benzene rings is 2. The number of nitro groups is 1. The second-order valence-electron chi connectivity index (χ2n) is 7.49. The molecule has 0 aliphatic heterocycles. The van der Waals surface area contributed by atoms with Gasteiger partial charge >= 0.3 is 11.9 Å². The van der Waals surface area contributed by atoms with Crippen LogP contribution in [0.2, 0.25) is 0 Å². The number of nitro benzene ring substituents is 1. The lowest BCUT2D eigenvalue weighted by molar-refractivity contribution is -0.384. The van der Waals surface area contributed by atoms with Crippen LogP contribution in [0.3, 0.4) is 0 Å². The van der Waals surface area contributed by atoms with Gasteiger partial charge in [-0.15, -0.1) is 11.3 Å². The van der Waals surface area contributed by atoms with Crippen LogP contribution in [0.4, 0.5) is 11.4 Å². The summed E-state index contributed by atoms with van der Waals surface area (Å²) in [4.78, 5) is 70.7. The van der Waals surface area contributed by atoms with Crippen LogP contribution >= 0.6 is 11.3 Å². The van der Waals surface area contributed by atoms with Crippen LogP contribution < -0.4 is 5.32 Å². The molecule has 0 bridgehead atoms. The van der Waals surface area contributed by atoms with Gasteiger partial charge in [-0.3, -0.25) is 29.3 Å². The van der Waals surface area contributed by atoms with Crippen LogP contribution in [0.15, 0.2) is 66.0 Å². The third-order valence-electron chi connectivity index (χ3n) is 4.83. The molecule has 1 aromatic heterocycles. The number of nitrogens with one attached hydrogen (secondary N) is 1. The number of anilines is 1. The van der Waals surface area contributed by atoms with Gasteiger partial charge in [0.05, 0.1) is 21.8 Å². The third-order valence-corrected chi connectivity index (χ3v) is 5.75. The molecule has 0 aliphatic rings. The van der Waals surface area contributed by atoms with E-state index in [-0.39, 0.29) is 35.4 Å². The Bertz CT molecular complexity index is 1320. The molecule has 0 fully saturated rings. The predicted octanol–water partition coefficient (Wildman–Crippen LogP) is 3.84. The molecule has 0 saturated carbocycles. The van der Waals surface area contributed by atoms with Gasteiger partial charge in [-0.1, -0.05) is 18.2 Å². The van der Waals surface area contributed by atoms with Crippen molar-refractivity contribution >= 4 is 52.1 Å². The Morgan fingerprint density at radius 1 is 0.838 bits per heavy atom. The second kappa shape index (κ2) is 12.8. The number of carbonyl (C=O) groups excluding carboxylic acids is 5. The number of hydrogen-bond acceptors (Lipinski definition) is 10. The quantitative estimate of drug-likeness (QED) is 0.161. The Balaban J connectivity index is 1.40. The van der Waals surface area contributed by atoms with E-state index in [9.17, 15) is 34.1 Å². The molecule has 0 atom stereocenters. The normalized spacial score (nSPS) is 10.3. The first-order valence-electron chi connectivity index (χ1n) is 10.8. The second-order valence-corrected chi connectivity index (χ2v) is 8.44. The zero-order chi connectivity index (χ0) is 26.8. The van der Waals surface area contributed by atoms with Crippen LogP contribution in [-0.2, 0) is 19.1 Å². The first kappa shape index (κ1) is 26.9. The SMILES string of the molecule is O=C(CCC(=O)OCC(=O)c1cccs1)Nc1ccc(C(=O)OCC(=O)c2cccc([N+](=O)[O-])c2)cc1. The maximum Gasteiger partial charge on any atom is 0.338 e. The minimum absolute atomic E-state index is 0.0399. The molecule has 0 radical (unpaired) electrons. The number of hydrogen-bond donors (Lipinski definition) is 1.